The van der Waals surface area contributed by atoms with Gasteiger partial charge in [-0.25, -0.2) is 4.98 Å². The molecular weight excluding hydrogens is 292 g/mol. The Labute approximate surface area is 133 Å². The molecule has 0 saturated heterocycles. The molecule has 6 nitrogen and oxygen atoms in total. The number of imidazole rings is 1. The first-order valence-electron chi connectivity index (χ1n) is 7.26. The lowest BCUT2D eigenvalue weighted by molar-refractivity contribution is 0.315. The normalized spacial score (nSPS) is 13.2. The van der Waals surface area contributed by atoms with Gasteiger partial charge in [-0.15, -0.1) is 0 Å². The van der Waals surface area contributed by atoms with Crippen LogP contribution in [0.25, 0.3) is 11.0 Å². The molecule has 3 rings (SSSR count). The van der Waals surface area contributed by atoms with Crippen molar-refractivity contribution in [3.8, 4) is 5.75 Å². The Morgan fingerprint density at radius 2 is 2.00 bits per heavy atom. The fourth-order valence-electron chi connectivity index (χ4n) is 2.55. The number of nitrogens with zero attached hydrogens (tertiary/aromatic N) is 2. The number of methoxy groups -OCH3 is 1. The van der Waals surface area contributed by atoms with Gasteiger partial charge in [0.1, 0.15) is 17.4 Å². The lowest BCUT2D eigenvalue weighted by Gasteiger charge is -2.13. The minimum absolute atomic E-state index is 0.125. The maximum atomic E-state index is 9.10. The van der Waals surface area contributed by atoms with E-state index in [0.29, 0.717) is 12.2 Å². The smallest absolute Gasteiger partial charge is 0.150 e. The van der Waals surface area contributed by atoms with Crippen LogP contribution in [0, 0.1) is 0 Å². The van der Waals surface area contributed by atoms with E-state index in [4.69, 9.17) is 15.7 Å². The summed E-state index contributed by atoms with van der Waals surface area (Å²) in [6, 6.07) is 15.4. The van der Waals surface area contributed by atoms with Crippen molar-refractivity contribution < 1.29 is 9.94 Å². The van der Waals surface area contributed by atoms with Crippen LogP contribution in [0.1, 0.15) is 17.3 Å². The summed E-state index contributed by atoms with van der Waals surface area (Å²) in [4.78, 5) is 7.81. The van der Waals surface area contributed by atoms with Gasteiger partial charge in [0.25, 0.3) is 0 Å². The van der Waals surface area contributed by atoms with Crippen LogP contribution >= 0.6 is 0 Å². The van der Waals surface area contributed by atoms with Crippen LogP contribution in [0.3, 0.4) is 0 Å². The van der Waals surface area contributed by atoms with E-state index in [1.165, 1.54) is 0 Å². The lowest BCUT2D eigenvalue weighted by atomic mass is 9.97. The van der Waals surface area contributed by atoms with E-state index in [1.54, 1.807) is 7.11 Å². The van der Waals surface area contributed by atoms with E-state index < -0.39 is 0 Å². The van der Waals surface area contributed by atoms with Crippen molar-refractivity contribution in [3.63, 3.8) is 0 Å². The van der Waals surface area contributed by atoms with E-state index in [-0.39, 0.29) is 11.8 Å². The Morgan fingerprint density at radius 3 is 2.65 bits per heavy atom. The second-order valence-electron chi connectivity index (χ2n) is 5.27. The predicted molar refractivity (Wildman–Crippen MR) is 88.9 cm³/mol. The van der Waals surface area contributed by atoms with E-state index in [0.717, 1.165) is 22.3 Å². The maximum absolute atomic E-state index is 9.10. The van der Waals surface area contributed by atoms with Crippen molar-refractivity contribution in [1.29, 1.82) is 0 Å². The van der Waals surface area contributed by atoms with Crippen LogP contribution in [-0.2, 0) is 6.42 Å². The van der Waals surface area contributed by atoms with E-state index in [9.17, 15) is 0 Å². The van der Waals surface area contributed by atoms with Gasteiger partial charge in [0, 0.05) is 0 Å². The fourth-order valence-corrected chi connectivity index (χ4v) is 2.55. The van der Waals surface area contributed by atoms with Crippen LogP contribution in [0.5, 0.6) is 5.75 Å². The number of hydrogen-bond donors (Lipinski definition) is 3. The van der Waals surface area contributed by atoms with Crippen molar-refractivity contribution in [1.82, 2.24) is 9.97 Å². The molecule has 0 radical (unpaired) electrons. The number of nitrogens with two attached hydrogens (primary N) is 1. The van der Waals surface area contributed by atoms with Crippen LogP contribution in [0.2, 0.25) is 0 Å². The summed E-state index contributed by atoms with van der Waals surface area (Å²) >= 11 is 0. The second-order valence-corrected chi connectivity index (χ2v) is 5.27. The van der Waals surface area contributed by atoms with Gasteiger partial charge in [0.15, 0.2) is 0 Å². The summed E-state index contributed by atoms with van der Waals surface area (Å²) in [5, 5.41) is 12.3. The van der Waals surface area contributed by atoms with Crippen LogP contribution in [0.15, 0.2) is 53.7 Å². The van der Waals surface area contributed by atoms with Gasteiger partial charge in [-0.05, 0) is 36.2 Å². The molecule has 1 heterocycles. The van der Waals surface area contributed by atoms with Crippen molar-refractivity contribution in [2.75, 3.05) is 7.11 Å². The van der Waals surface area contributed by atoms with E-state index >= 15 is 0 Å². The first-order chi connectivity index (χ1) is 11.2. The summed E-state index contributed by atoms with van der Waals surface area (Å²) in [6.07, 6.45) is 0.569. The maximum Gasteiger partial charge on any atom is 0.150 e. The minimum atomic E-state index is -0.333. The summed E-state index contributed by atoms with van der Waals surface area (Å²) in [7, 11) is 1.63. The number of hydrogen-bond acceptors (Lipinski definition) is 4. The molecule has 0 aliphatic heterocycles. The Morgan fingerprint density at radius 1 is 1.26 bits per heavy atom. The van der Waals surface area contributed by atoms with Crippen molar-refractivity contribution in [2.24, 2.45) is 10.9 Å². The molecule has 0 bridgehead atoms. The molecule has 1 atom stereocenters. The monoisotopic (exact) mass is 310 g/mol. The van der Waals surface area contributed by atoms with E-state index in [2.05, 4.69) is 15.1 Å². The molecule has 0 aliphatic rings. The topological polar surface area (TPSA) is 96.5 Å². The number of benzene rings is 2. The van der Waals surface area contributed by atoms with Gasteiger partial charge in [-0.2, -0.15) is 0 Å². The molecule has 3 aromatic rings. The third-order valence-corrected chi connectivity index (χ3v) is 3.81. The Balaban J connectivity index is 1.93. The van der Waals surface area contributed by atoms with Gasteiger partial charge < -0.3 is 20.7 Å². The fraction of sp³-hybridized carbons (Fsp3) is 0.176. The van der Waals surface area contributed by atoms with Gasteiger partial charge >= 0.3 is 0 Å². The number of ether oxygens (including phenoxy) is 1. The van der Waals surface area contributed by atoms with Crippen LogP contribution < -0.4 is 10.5 Å². The average Bonchev–Trinajstić information content (AvgIpc) is 3.03. The number of aromatic nitrogens is 2. The number of oxime groups is 1. The first-order valence-corrected chi connectivity index (χ1v) is 7.26. The largest absolute Gasteiger partial charge is 0.497 e. The quantitative estimate of drug-likeness (QED) is 0.292. The predicted octanol–water partition coefficient (Wildman–Crippen LogP) is 2.64. The van der Waals surface area contributed by atoms with Gasteiger partial charge in [0.2, 0.25) is 0 Å². The number of fused-ring (bicyclic) bond motifs is 1. The molecule has 4 N–H and O–H groups in total. The molecule has 1 aromatic heterocycles. The summed E-state index contributed by atoms with van der Waals surface area (Å²) in [5.41, 5.74) is 8.71. The molecule has 6 heteroatoms. The highest BCUT2D eigenvalue weighted by Gasteiger charge is 2.21. The standard InChI is InChI=1S/C17H18N4O2/c1-23-12-8-6-11(7-9-12)10-13(16(18)21-22)17-19-14-4-2-3-5-15(14)20-17/h2-9,13,22H,10H2,1H3,(H2,18,21)(H,19,20). The van der Waals surface area contributed by atoms with Gasteiger partial charge in [-0.1, -0.05) is 29.4 Å². The Bertz CT molecular complexity index is 791. The molecular formula is C17H18N4O2. The highest BCUT2D eigenvalue weighted by Crippen LogP contribution is 2.23. The summed E-state index contributed by atoms with van der Waals surface area (Å²) in [5.74, 6) is 1.26. The van der Waals surface area contributed by atoms with Crippen LogP contribution in [0.4, 0.5) is 0 Å². The zero-order valence-corrected chi connectivity index (χ0v) is 12.7. The molecule has 118 valence electrons. The molecule has 0 saturated carbocycles. The second kappa shape index (κ2) is 6.39. The highest BCUT2D eigenvalue weighted by molar-refractivity contribution is 5.87. The number of para-hydroxylation sites is 2. The molecule has 2 aromatic carbocycles. The van der Waals surface area contributed by atoms with Gasteiger partial charge in [0.05, 0.1) is 24.1 Å². The summed E-state index contributed by atoms with van der Waals surface area (Å²) in [6.45, 7) is 0. The first kappa shape index (κ1) is 14.9. The number of aromatic amines is 1. The zero-order valence-electron chi connectivity index (χ0n) is 12.7. The molecule has 0 spiro atoms. The van der Waals surface area contributed by atoms with Gasteiger partial charge in [-0.3, -0.25) is 0 Å². The SMILES string of the molecule is COc1ccc(CC(/C(N)=N/O)c2nc3ccccc3[nH]2)cc1. The Hall–Kier alpha value is -3.02. The lowest BCUT2D eigenvalue weighted by Crippen LogP contribution is -2.24. The Kier molecular flexibility index (Phi) is 4.14. The molecule has 0 fully saturated rings. The average molecular weight is 310 g/mol. The highest BCUT2D eigenvalue weighted by atomic mass is 16.5. The minimum Gasteiger partial charge on any atom is -0.497 e. The molecule has 0 aliphatic carbocycles. The molecule has 0 amide bonds. The zero-order chi connectivity index (χ0) is 16.2. The van der Waals surface area contributed by atoms with Crippen molar-refractivity contribution in [3.05, 3.63) is 59.9 Å². The van der Waals surface area contributed by atoms with Crippen molar-refractivity contribution >= 4 is 16.9 Å². The summed E-state index contributed by atoms with van der Waals surface area (Å²) < 4.78 is 5.16. The number of nitrogens with one attached hydrogen (secondary N) is 1. The third kappa shape index (κ3) is 3.11. The third-order valence-electron chi connectivity index (χ3n) is 3.81. The number of H-pyrrole nitrogens is 1. The molecule has 23 heavy (non-hydrogen) atoms. The molecule has 1 unspecified atom stereocenters. The van der Waals surface area contributed by atoms with Crippen LogP contribution in [-0.4, -0.2) is 28.1 Å². The van der Waals surface area contributed by atoms with E-state index in [1.807, 2.05) is 48.5 Å². The van der Waals surface area contributed by atoms with Crippen molar-refractivity contribution in [2.45, 2.75) is 12.3 Å². The number of amidine groups is 1. The number of rotatable bonds is 5.